The van der Waals surface area contributed by atoms with Crippen molar-refractivity contribution in [1.29, 1.82) is 0 Å². The van der Waals surface area contributed by atoms with E-state index in [0.717, 1.165) is 15.9 Å². The summed E-state index contributed by atoms with van der Waals surface area (Å²) in [5.74, 6) is -0.252. The van der Waals surface area contributed by atoms with Crippen molar-refractivity contribution >= 4 is 27.5 Å². The molecular weight excluding hydrogens is 212 g/mol. The van der Waals surface area contributed by atoms with Gasteiger partial charge in [0.05, 0.1) is 12.3 Å². The van der Waals surface area contributed by atoms with E-state index in [1.165, 1.54) is 11.3 Å². The van der Waals surface area contributed by atoms with E-state index in [1.54, 1.807) is 11.6 Å². The monoisotopic (exact) mass is 224 g/mol. The molecular formula is C10H12N2O2S. The first-order valence-electron chi connectivity index (χ1n) is 4.73. The maximum atomic E-state index is 11.5. The molecule has 80 valence electrons. The zero-order chi connectivity index (χ0) is 11.0. The van der Waals surface area contributed by atoms with Crippen LogP contribution < -0.4 is 0 Å². The van der Waals surface area contributed by atoms with Crippen LogP contribution in [-0.4, -0.2) is 22.4 Å². The zero-order valence-electron chi connectivity index (χ0n) is 8.90. The van der Waals surface area contributed by atoms with Crippen LogP contribution in [0.15, 0.2) is 6.07 Å². The number of fused-ring (bicyclic) bond motifs is 1. The Bertz CT molecular complexity index is 478. The van der Waals surface area contributed by atoms with E-state index in [4.69, 9.17) is 4.74 Å². The molecule has 0 amide bonds. The van der Waals surface area contributed by atoms with Crippen molar-refractivity contribution in [2.24, 2.45) is 7.05 Å². The Morgan fingerprint density at radius 2 is 2.40 bits per heavy atom. The molecule has 2 rings (SSSR count). The highest BCUT2D eigenvalue weighted by Gasteiger charge is 2.15. The molecule has 0 N–H and O–H groups in total. The van der Waals surface area contributed by atoms with E-state index in [0.29, 0.717) is 11.5 Å². The second-order valence-corrected chi connectivity index (χ2v) is 4.29. The van der Waals surface area contributed by atoms with Crippen LogP contribution in [0.2, 0.25) is 0 Å². The average molecular weight is 224 g/mol. The molecule has 0 radical (unpaired) electrons. The molecule has 0 saturated heterocycles. The first-order chi connectivity index (χ1) is 7.13. The minimum atomic E-state index is -0.252. The van der Waals surface area contributed by atoms with Gasteiger partial charge in [-0.25, -0.2) is 4.79 Å². The van der Waals surface area contributed by atoms with Crippen LogP contribution in [0.3, 0.4) is 0 Å². The maximum absolute atomic E-state index is 11.5. The molecule has 0 aliphatic heterocycles. The quantitative estimate of drug-likeness (QED) is 0.734. The van der Waals surface area contributed by atoms with Crippen LogP contribution in [-0.2, 0) is 11.8 Å². The number of aryl methyl sites for hydroxylation is 2. The van der Waals surface area contributed by atoms with Gasteiger partial charge in [-0.15, -0.1) is 11.3 Å². The number of ether oxygens (including phenoxy) is 1. The van der Waals surface area contributed by atoms with Gasteiger partial charge in [-0.1, -0.05) is 0 Å². The molecule has 0 spiro atoms. The number of esters is 1. The van der Waals surface area contributed by atoms with Gasteiger partial charge in [-0.05, 0) is 19.9 Å². The Labute approximate surface area is 91.5 Å². The SMILES string of the molecule is CCOC(=O)c1cc2c(C)nn(C)c2s1. The Morgan fingerprint density at radius 1 is 1.67 bits per heavy atom. The summed E-state index contributed by atoms with van der Waals surface area (Å²) in [7, 11) is 1.88. The lowest BCUT2D eigenvalue weighted by atomic mass is 10.3. The Balaban J connectivity index is 2.47. The van der Waals surface area contributed by atoms with Gasteiger partial charge in [0, 0.05) is 12.4 Å². The van der Waals surface area contributed by atoms with Crippen molar-refractivity contribution in [3.63, 3.8) is 0 Å². The topological polar surface area (TPSA) is 44.1 Å². The largest absolute Gasteiger partial charge is 0.462 e. The van der Waals surface area contributed by atoms with Crippen LogP contribution in [0.1, 0.15) is 22.3 Å². The van der Waals surface area contributed by atoms with Crippen LogP contribution in [0.4, 0.5) is 0 Å². The first-order valence-corrected chi connectivity index (χ1v) is 5.55. The third-order valence-electron chi connectivity index (χ3n) is 2.17. The third kappa shape index (κ3) is 1.63. The van der Waals surface area contributed by atoms with E-state index in [2.05, 4.69) is 5.10 Å². The fourth-order valence-corrected chi connectivity index (χ4v) is 2.52. The fourth-order valence-electron chi connectivity index (χ4n) is 1.51. The van der Waals surface area contributed by atoms with Crippen molar-refractivity contribution < 1.29 is 9.53 Å². The number of nitrogens with zero attached hydrogens (tertiary/aromatic N) is 2. The van der Waals surface area contributed by atoms with E-state index >= 15 is 0 Å². The first kappa shape index (κ1) is 10.2. The number of rotatable bonds is 2. The molecule has 0 aromatic carbocycles. The summed E-state index contributed by atoms with van der Waals surface area (Å²) in [5.41, 5.74) is 0.944. The number of aromatic nitrogens is 2. The molecule has 0 aliphatic rings. The highest BCUT2D eigenvalue weighted by Crippen LogP contribution is 2.27. The van der Waals surface area contributed by atoms with Crippen molar-refractivity contribution in [3.8, 4) is 0 Å². The Kier molecular flexibility index (Phi) is 2.48. The van der Waals surface area contributed by atoms with E-state index in [-0.39, 0.29) is 5.97 Å². The minimum absolute atomic E-state index is 0.252. The van der Waals surface area contributed by atoms with Gasteiger partial charge in [0.25, 0.3) is 0 Å². The second-order valence-electron chi connectivity index (χ2n) is 3.26. The average Bonchev–Trinajstić information content (AvgIpc) is 2.70. The predicted molar refractivity (Wildman–Crippen MR) is 59.3 cm³/mol. The molecule has 0 aliphatic carbocycles. The van der Waals surface area contributed by atoms with Gasteiger partial charge in [0.1, 0.15) is 9.71 Å². The number of carbonyl (C=O) groups excluding carboxylic acids is 1. The Morgan fingerprint density at radius 3 is 3.00 bits per heavy atom. The summed E-state index contributed by atoms with van der Waals surface area (Å²) in [6.07, 6.45) is 0. The van der Waals surface area contributed by atoms with Gasteiger partial charge in [0.2, 0.25) is 0 Å². The van der Waals surface area contributed by atoms with Gasteiger partial charge in [-0.3, -0.25) is 4.68 Å². The number of carbonyl (C=O) groups is 1. The maximum Gasteiger partial charge on any atom is 0.348 e. The van der Waals surface area contributed by atoms with E-state index in [9.17, 15) is 4.79 Å². The highest BCUT2D eigenvalue weighted by molar-refractivity contribution is 7.20. The summed E-state index contributed by atoms with van der Waals surface area (Å²) in [5, 5.41) is 5.30. The van der Waals surface area contributed by atoms with Crippen LogP contribution in [0.5, 0.6) is 0 Å². The van der Waals surface area contributed by atoms with Gasteiger partial charge in [0.15, 0.2) is 0 Å². The molecule has 0 saturated carbocycles. The van der Waals surface area contributed by atoms with Gasteiger partial charge >= 0.3 is 5.97 Å². The van der Waals surface area contributed by atoms with Crippen molar-refractivity contribution in [2.45, 2.75) is 13.8 Å². The van der Waals surface area contributed by atoms with Gasteiger partial charge in [-0.2, -0.15) is 5.10 Å². The number of hydrogen-bond acceptors (Lipinski definition) is 4. The predicted octanol–water partition coefficient (Wildman–Crippen LogP) is 2.12. The molecule has 2 aromatic rings. The molecule has 2 heterocycles. The fraction of sp³-hybridized carbons (Fsp3) is 0.400. The van der Waals surface area contributed by atoms with Crippen LogP contribution >= 0.6 is 11.3 Å². The van der Waals surface area contributed by atoms with E-state index < -0.39 is 0 Å². The normalized spacial score (nSPS) is 10.9. The lowest BCUT2D eigenvalue weighted by molar-refractivity contribution is 0.0532. The Hall–Kier alpha value is -1.36. The number of hydrogen-bond donors (Lipinski definition) is 0. The molecule has 15 heavy (non-hydrogen) atoms. The highest BCUT2D eigenvalue weighted by atomic mass is 32.1. The lowest BCUT2D eigenvalue weighted by Crippen LogP contribution is -2.01. The summed E-state index contributed by atoms with van der Waals surface area (Å²) in [6.45, 7) is 4.15. The van der Waals surface area contributed by atoms with Crippen molar-refractivity contribution in [2.75, 3.05) is 6.61 Å². The smallest absolute Gasteiger partial charge is 0.348 e. The molecule has 0 atom stereocenters. The molecule has 2 aromatic heterocycles. The summed E-state index contributed by atoms with van der Waals surface area (Å²) in [6, 6.07) is 1.85. The van der Waals surface area contributed by atoms with Crippen molar-refractivity contribution in [1.82, 2.24) is 9.78 Å². The minimum Gasteiger partial charge on any atom is -0.462 e. The standard InChI is InChI=1S/C10H12N2O2S/c1-4-14-10(13)8-5-7-6(2)11-12(3)9(7)15-8/h5H,4H2,1-3H3. The van der Waals surface area contributed by atoms with Crippen molar-refractivity contribution in [3.05, 3.63) is 16.6 Å². The lowest BCUT2D eigenvalue weighted by Gasteiger charge is -1.96. The van der Waals surface area contributed by atoms with Crippen LogP contribution in [0.25, 0.3) is 10.2 Å². The zero-order valence-corrected chi connectivity index (χ0v) is 9.72. The third-order valence-corrected chi connectivity index (χ3v) is 3.35. The van der Waals surface area contributed by atoms with Crippen LogP contribution in [0, 0.1) is 6.92 Å². The molecule has 4 nitrogen and oxygen atoms in total. The summed E-state index contributed by atoms with van der Waals surface area (Å²) in [4.78, 5) is 13.1. The number of thiophene rings is 1. The van der Waals surface area contributed by atoms with E-state index in [1.807, 2.05) is 20.0 Å². The molecule has 5 heteroatoms. The molecule has 0 unspecified atom stereocenters. The summed E-state index contributed by atoms with van der Waals surface area (Å²) < 4.78 is 6.74. The second kappa shape index (κ2) is 3.66. The summed E-state index contributed by atoms with van der Waals surface area (Å²) >= 11 is 1.42. The molecule has 0 bridgehead atoms. The van der Waals surface area contributed by atoms with Gasteiger partial charge < -0.3 is 4.74 Å². The molecule has 0 fully saturated rings.